The van der Waals surface area contributed by atoms with Gasteiger partial charge in [0.05, 0.1) is 11.9 Å². The van der Waals surface area contributed by atoms with E-state index < -0.39 is 0 Å². The molecule has 0 unspecified atom stereocenters. The first-order valence-electron chi connectivity index (χ1n) is 6.39. The summed E-state index contributed by atoms with van der Waals surface area (Å²) in [6.45, 7) is 7.45. The van der Waals surface area contributed by atoms with Gasteiger partial charge >= 0.3 is 0 Å². The second-order valence-corrected chi connectivity index (χ2v) is 4.77. The van der Waals surface area contributed by atoms with Gasteiger partial charge in [0.25, 0.3) is 0 Å². The monoisotopic (exact) mass is 249 g/mol. The first-order valence-corrected chi connectivity index (χ1v) is 6.39. The van der Waals surface area contributed by atoms with Gasteiger partial charge in [-0.15, -0.1) is 0 Å². The lowest BCUT2D eigenvalue weighted by Crippen LogP contribution is -2.38. The van der Waals surface area contributed by atoms with Crippen LogP contribution in [0.2, 0.25) is 0 Å². The highest BCUT2D eigenvalue weighted by molar-refractivity contribution is 5.87. The summed E-state index contributed by atoms with van der Waals surface area (Å²) in [7, 11) is 2.07. The summed E-state index contributed by atoms with van der Waals surface area (Å²) >= 11 is 0. The molecule has 0 aromatic carbocycles. The van der Waals surface area contributed by atoms with Crippen molar-refractivity contribution in [1.29, 1.82) is 0 Å². The number of allylic oxidation sites excluding steroid dienone is 3. The van der Waals surface area contributed by atoms with Crippen molar-refractivity contribution >= 4 is 12.1 Å². The Morgan fingerprint density at radius 2 is 2.17 bits per heavy atom. The van der Waals surface area contributed by atoms with Gasteiger partial charge in [-0.05, 0) is 27.3 Å². The van der Waals surface area contributed by atoms with Crippen LogP contribution in [-0.4, -0.2) is 48.1 Å². The van der Waals surface area contributed by atoms with Gasteiger partial charge in [-0.1, -0.05) is 12.2 Å². The van der Waals surface area contributed by atoms with Crippen LogP contribution in [0.4, 0.5) is 0 Å². The van der Waals surface area contributed by atoms with Crippen molar-refractivity contribution in [3.8, 4) is 0 Å². The number of hydrogen-bond donors (Lipinski definition) is 0. The minimum atomic E-state index is 0.0618. The van der Waals surface area contributed by atoms with Crippen LogP contribution < -0.4 is 0 Å². The van der Waals surface area contributed by atoms with Crippen molar-refractivity contribution < 1.29 is 4.79 Å². The third-order valence-corrected chi connectivity index (χ3v) is 3.11. The largest absolute Gasteiger partial charge is 0.310 e. The zero-order valence-corrected chi connectivity index (χ0v) is 11.8. The van der Waals surface area contributed by atoms with Crippen LogP contribution >= 0.6 is 0 Å². The second-order valence-electron chi connectivity index (χ2n) is 4.77. The van der Waals surface area contributed by atoms with Gasteiger partial charge in [-0.2, -0.15) is 0 Å². The van der Waals surface area contributed by atoms with Gasteiger partial charge in [0.1, 0.15) is 0 Å². The van der Waals surface area contributed by atoms with E-state index in [2.05, 4.69) is 30.8 Å². The number of rotatable bonds is 5. The van der Waals surface area contributed by atoms with Crippen molar-refractivity contribution in [2.75, 3.05) is 20.1 Å². The van der Waals surface area contributed by atoms with Gasteiger partial charge < -0.3 is 9.80 Å². The lowest BCUT2D eigenvalue weighted by Gasteiger charge is -2.27. The molecule has 0 radical (unpaired) electrons. The Hall–Kier alpha value is -1.42. The van der Waals surface area contributed by atoms with Gasteiger partial charge in [0.15, 0.2) is 0 Å². The molecule has 1 aliphatic rings. The highest BCUT2D eigenvalue weighted by atomic mass is 16.2. The van der Waals surface area contributed by atoms with Crippen LogP contribution in [0.25, 0.3) is 0 Å². The van der Waals surface area contributed by atoms with E-state index in [4.69, 9.17) is 0 Å². The van der Waals surface area contributed by atoms with E-state index in [0.29, 0.717) is 12.6 Å². The molecule has 0 N–H and O–H groups in total. The maximum atomic E-state index is 11.7. The van der Waals surface area contributed by atoms with Crippen LogP contribution in [-0.2, 0) is 4.79 Å². The molecule has 1 aliphatic heterocycles. The van der Waals surface area contributed by atoms with E-state index in [0.717, 1.165) is 18.7 Å². The van der Waals surface area contributed by atoms with Crippen molar-refractivity contribution in [3.05, 3.63) is 24.0 Å². The lowest BCUT2D eigenvalue weighted by atomic mass is 10.3. The summed E-state index contributed by atoms with van der Waals surface area (Å²) in [5.41, 5.74) is 0.893. The number of nitrogens with zero attached hydrogens (tertiary/aromatic N) is 3. The Morgan fingerprint density at radius 3 is 2.78 bits per heavy atom. The molecule has 0 saturated carbocycles. The van der Waals surface area contributed by atoms with Crippen LogP contribution in [0.3, 0.4) is 0 Å². The molecule has 0 fully saturated rings. The van der Waals surface area contributed by atoms with Crippen LogP contribution in [0.5, 0.6) is 0 Å². The quantitative estimate of drug-likeness (QED) is 0.747. The standard InChI is InChI=1S/C14H23N3O/c1-12(2)16(4)9-10-17(13(3)18)14-7-5-6-8-15-11-14/h6-8,11-12H,5,9-10H2,1-4H3. The van der Waals surface area contributed by atoms with Crippen LogP contribution in [0.1, 0.15) is 27.2 Å². The Balaban J connectivity index is 2.66. The Kier molecular flexibility index (Phi) is 5.78. The zero-order chi connectivity index (χ0) is 13.5. The maximum Gasteiger partial charge on any atom is 0.223 e. The minimum absolute atomic E-state index is 0.0618. The van der Waals surface area contributed by atoms with Gasteiger partial charge in [-0.25, -0.2) is 0 Å². The predicted molar refractivity (Wildman–Crippen MR) is 75.5 cm³/mol. The molecular formula is C14H23N3O. The molecule has 0 bridgehead atoms. The molecule has 0 aromatic heterocycles. The topological polar surface area (TPSA) is 35.9 Å². The molecule has 0 aromatic rings. The van der Waals surface area contributed by atoms with Crippen molar-refractivity contribution in [2.24, 2.45) is 4.99 Å². The van der Waals surface area contributed by atoms with Gasteiger partial charge in [0.2, 0.25) is 5.91 Å². The Morgan fingerprint density at radius 1 is 1.44 bits per heavy atom. The van der Waals surface area contributed by atoms with Crippen molar-refractivity contribution in [3.63, 3.8) is 0 Å². The average Bonchev–Trinajstić information content (AvgIpc) is 2.57. The number of carbonyl (C=O) groups excluding carboxylic acids is 1. The van der Waals surface area contributed by atoms with Crippen LogP contribution in [0, 0.1) is 0 Å². The molecule has 1 amide bonds. The van der Waals surface area contributed by atoms with E-state index in [9.17, 15) is 4.79 Å². The molecule has 0 saturated heterocycles. The smallest absolute Gasteiger partial charge is 0.223 e. The summed E-state index contributed by atoms with van der Waals surface area (Å²) in [6, 6.07) is 0.484. The summed E-state index contributed by atoms with van der Waals surface area (Å²) in [5.74, 6) is 0.0618. The van der Waals surface area contributed by atoms with Crippen LogP contribution in [0.15, 0.2) is 29.0 Å². The van der Waals surface area contributed by atoms with Crippen molar-refractivity contribution in [1.82, 2.24) is 9.80 Å². The maximum absolute atomic E-state index is 11.7. The number of carbonyl (C=O) groups is 1. The second kappa shape index (κ2) is 7.11. The van der Waals surface area contributed by atoms with Crippen molar-refractivity contribution in [2.45, 2.75) is 33.2 Å². The average molecular weight is 249 g/mol. The molecule has 0 aliphatic carbocycles. The molecule has 0 atom stereocenters. The highest BCUT2D eigenvalue weighted by Crippen LogP contribution is 2.08. The summed E-state index contributed by atoms with van der Waals surface area (Å²) in [4.78, 5) is 19.9. The minimum Gasteiger partial charge on any atom is -0.310 e. The van der Waals surface area contributed by atoms with Gasteiger partial charge in [0, 0.05) is 32.3 Å². The first-order chi connectivity index (χ1) is 8.52. The number of likely N-dealkylation sites (N-methyl/N-ethyl adjacent to an activating group) is 1. The lowest BCUT2D eigenvalue weighted by molar-refractivity contribution is -0.126. The summed E-state index contributed by atoms with van der Waals surface area (Å²) in [6.07, 6.45) is 8.34. The highest BCUT2D eigenvalue weighted by Gasteiger charge is 2.14. The number of aliphatic imine (C=N–C) groups is 1. The first kappa shape index (κ1) is 14.6. The Labute approximate surface area is 110 Å². The normalized spacial score (nSPS) is 14.9. The molecule has 1 heterocycles. The Bertz CT molecular complexity index is 369. The molecular weight excluding hydrogens is 226 g/mol. The van der Waals surface area contributed by atoms with E-state index >= 15 is 0 Å². The van der Waals surface area contributed by atoms with E-state index in [1.54, 1.807) is 24.2 Å². The summed E-state index contributed by atoms with van der Waals surface area (Å²) < 4.78 is 0. The number of hydrogen-bond acceptors (Lipinski definition) is 3. The molecule has 18 heavy (non-hydrogen) atoms. The molecule has 1 rings (SSSR count). The van der Waals surface area contributed by atoms with Gasteiger partial charge in [-0.3, -0.25) is 9.79 Å². The molecule has 4 heteroatoms. The van der Waals surface area contributed by atoms with E-state index in [-0.39, 0.29) is 5.91 Å². The fourth-order valence-electron chi connectivity index (χ4n) is 1.65. The SMILES string of the molecule is CC(=O)N(CCN(C)C(C)C)C1=CCC=CN=C1. The fourth-order valence-corrected chi connectivity index (χ4v) is 1.65. The van der Waals surface area contributed by atoms with E-state index in [1.807, 2.05) is 12.2 Å². The number of amides is 1. The third kappa shape index (κ3) is 4.45. The zero-order valence-electron chi connectivity index (χ0n) is 11.8. The van der Waals surface area contributed by atoms with E-state index in [1.165, 1.54) is 0 Å². The third-order valence-electron chi connectivity index (χ3n) is 3.11. The molecule has 0 spiro atoms. The molecule has 4 nitrogen and oxygen atoms in total. The summed E-state index contributed by atoms with van der Waals surface area (Å²) in [5, 5.41) is 0. The fraction of sp³-hybridized carbons (Fsp3) is 0.571. The molecule has 100 valence electrons. The predicted octanol–water partition coefficient (Wildman–Crippen LogP) is 2.05.